The first-order chi connectivity index (χ1) is 13.9. The van der Waals surface area contributed by atoms with Gasteiger partial charge in [-0.25, -0.2) is 13.2 Å². The van der Waals surface area contributed by atoms with Gasteiger partial charge in [0.25, 0.3) is 0 Å². The number of aromatic amines is 1. The minimum absolute atomic E-state index is 0.0703. The Kier molecular flexibility index (Phi) is 4.84. The van der Waals surface area contributed by atoms with E-state index in [1.54, 1.807) is 0 Å². The van der Waals surface area contributed by atoms with E-state index in [0.717, 1.165) is 12.1 Å². The van der Waals surface area contributed by atoms with Crippen molar-refractivity contribution in [3.05, 3.63) is 65.5 Å². The van der Waals surface area contributed by atoms with Crippen LogP contribution in [0, 0.1) is 17.5 Å². The molecular weight excluding hydrogens is 383 g/mol. The van der Waals surface area contributed by atoms with E-state index in [1.165, 1.54) is 36.4 Å². The molecule has 0 spiro atoms. The zero-order chi connectivity index (χ0) is 20.5. The van der Waals surface area contributed by atoms with Gasteiger partial charge in [0, 0.05) is 29.6 Å². The second-order valence-electron chi connectivity index (χ2n) is 6.70. The van der Waals surface area contributed by atoms with Crippen molar-refractivity contribution in [2.24, 2.45) is 0 Å². The number of carbonyl (C=O) groups is 2. The van der Waals surface area contributed by atoms with Crippen LogP contribution < -0.4 is 10.6 Å². The van der Waals surface area contributed by atoms with E-state index in [2.05, 4.69) is 15.6 Å². The fourth-order valence-corrected chi connectivity index (χ4v) is 3.37. The average molecular weight is 399 g/mol. The van der Waals surface area contributed by atoms with Gasteiger partial charge in [-0.05, 0) is 48.4 Å². The molecule has 2 aromatic carbocycles. The lowest BCUT2D eigenvalue weighted by Gasteiger charge is -2.07. The molecule has 148 valence electrons. The number of aromatic nitrogens is 1. The van der Waals surface area contributed by atoms with Crippen molar-refractivity contribution in [1.82, 2.24) is 15.6 Å². The largest absolute Gasteiger partial charge is 0.354 e. The Hall–Kier alpha value is -3.55. The Morgan fingerprint density at radius 1 is 1.10 bits per heavy atom. The molecule has 4 rings (SSSR count). The molecule has 1 fully saturated rings. The summed E-state index contributed by atoms with van der Waals surface area (Å²) < 4.78 is 41.3. The van der Waals surface area contributed by atoms with Gasteiger partial charge in [0.15, 0.2) is 0 Å². The van der Waals surface area contributed by atoms with Gasteiger partial charge < -0.3 is 15.6 Å². The third kappa shape index (κ3) is 3.73. The summed E-state index contributed by atoms with van der Waals surface area (Å²) in [5.41, 5.74) is 1.39. The molecule has 3 N–H and O–H groups in total. The smallest absolute Gasteiger partial charge is 0.244 e. The Morgan fingerprint density at radius 3 is 2.55 bits per heavy atom. The SMILES string of the molecule is O=C(/C=C/c1c(-c2ccc(F)cc2)[nH]c2c(F)cc(F)cc12)N[C@H]1CCNC1=O. The molecule has 8 heteroatoms. The molecule has 29 heavy (non-hydrogen) atoms. The highest BCUT2D eigenvalue weighted by molar-refractivity contribution is 6.02. The van der Waals surface area contributed by atoms with Crippen LogP contribution in [0.3, 0.4) is 0 Å². The molecule has 0 radical (unpaired) electrons. The van der Waals surface area contributed by atoms with Gasteiger partial charge in [-0.3, -0.25) is 9.59 Å². The van der Waals surface area contributed by atoms with Crippen LogP contribution >= 0.6 is 0 Å². The van der Waals surface area contributed by atoms with Crippen molar-refractivity contribution in [1.29, 1.82) is 0 Å². The predicted octanol–water partition coefficient (Wildman–Crippen LogP) is 3.27. The predicted molar refractivity (Wildman–Crippen MR) is 102 cm³/mol. The summed E-state index contributed by atoms with van der Waals surface area (Å²) in [5.74, 6) is -2.75. The van der Waals surface area contributed by atoms with E-state index < -0.39 is 29.4 Å². The average Bonchev–Trinajstić information content (AvgIpc) is 3.24. The van der Waals surface area contributed by atoms with Gasteiger partial charge >= 0.3 is 0 Å². The van der Waals surface area contributed by atoms with Crippen LogP contribution in [0.15, 0.2) is 42.5 Å². The molecule has 1 saturated heterocycles. The molecule has 2 heterocycles. The third-order valence-electron chi connectivity index (χ3n) is 4.76. The molecule has 1 aromatic heterocycles. The van der Waals surface area contributed by atoms with E-state index in [0.29, 0.717) is 29.8 Å². The topological polar surface area (TPSA) is 74.0 Å². The maximum atomic E-state index is 14.3. The molecule has 0 unspecified atom stereocenters. The maximum absolute atomic E-state index is 14.3. The van der Waals surface area contributed by atoms with Crippen molar-refractivity contribution in [3.8, 4) is 11.3 Å². The molecule has 5 nitrogen and oxygen atoms in total. The standard InChI is InChI=1S/C21H16F3N3O2/c22-12-3-1-11(2-4-12)19-14(15-9-13(23)10-16(24)20(15)27-19)5-6-18(28)26-17-7-8-25-21(17)29/h1-6,9-10,17,27H,7-8H2,(H,25,29)(H,26,28)/b6-5+/t17-/m0/s1. The van der Waals surface area contributed by atoms with Crippen LogP contribution in [0.25, 0.3) is 28.2 Å². The summed E-state index contributed by atoms with van der Waals surface area (Å²) in [4.78, 5) is 26.7. The summed E-state index contributed by atoms with van der Waals surface area (Å²) in [6.45, 7) is 0.489. The first-order valence-corrected chi connectivity index (χ1v) is 8.95. The number of H-pyrrole nitrogens is 1. The highest BCUT2D eigenvalue weighted by atomic mass is 19.1. The van der Waals surface area contributed by atoms with Crippen molar-refractivity contribution < 1.29 is 22.8 Å². The minimum atomic E-state index is -0.782. The summed E-state index contributed by atoms with van der Waals surface area (Å²) in [6.07, 6.45) is 3.10. The van der Waals surface area contributed by atoms with Crippen LogP contribution in [0.5, 0.6) is 0 Å². The maximum Gasteiger partial charge on any atom is 0.244 e. The van der Waals surface area contributed by atoms with E-state index in [1.807, 2.05) is 0 Å². The Morgan fingerprint density at radius 2 is 1.86 bits per heavy atom. The lowest BCUT2D eigenvalue weighted by atomic mass is 10.0. The molecular formula is C21H16F3N3O2. The van der Waals surface area contributed by atoms with E-state index >= 15 is 0 Å². The first-order valence-electron chi connectivity index (χ1n) is 8.95. The lowest BCUT2D eigenvalue weighted by Crippen LogP contribution is -2.39. The number of nitrogens with one attached hydrogen (secondary N) is 3. The molecule has 3 aromatic rings. The van der Waals surface area contributed by atoms with Crippen molar-refractivity contribution in [3.63, 3.8) is 0 Å². The van der Waals surface area contributed by atoms with Gasteiger partial charge in [0.1, 0.15) is 23.5 Å². The quantitative estimate of drug-likeness (QED) is 0.589. The number of amides is 2. The zero-order valence-corrected chi connectivity index (χ0v) is 15.1. The second-order valence-corrected chi connectivity index (χ2v) is 6.70. The Balaban J connectivity index is 1.74. The fraction of sp³-hybridized carbons (Fsp3) is 0.143. The second kappa shape index (κ2) is 7.46. The molecule has 1 atom stereocenters. The van der Waals surface area contributed by atoms with Crippen LogP contribution in [-0.4, -0.2) is 29.4 Å². The van der Waals surface area contributed by atoms with E-state index in [4.69, 9.17) is 0 Å². The molecule has 1 aliphatic rings. The summed E-state index contributed by atoms with van der Waals surface area (Å²) in [5, 5.41) is 5.44. The highest BCUT2D eigenvalue weighted by Gasteiger charge is 2.24. The van der Waals surface area contributed by atoms with E-state index in [-0.39, 0.29) is 16.8 Å². The Labute approximate surface area is 163 Å². The minimum Gasteiger partial charge on any atom is -0.354 e. The van der Waals surface area contributed by atoms with Crippen LogP contribution in [0.4, 0.5) is 13.2 Å². The van der Waals surface area contributed by atoms with Crippen LogP contribution in [-0.2, 0) is 9.59 Å². The zero-order valence-electron chi connectivity index (χ0n) is 15.1. The fourth-order valence-electron chi connectivity index (χ4n) is 3.37. The molecule has 0 bridgehead atoms. The molecule has 1 aliphatic heterocycles. The summed E-state index contributed by atoms with van der Waals surface area (Å²) in [6, 6.07) is 6.79. The summed E-state index contributed by atoms with van der Waals surface area (Å²) >= 11 is 0. The van der Waals surface area contributed by atoms with Crippen LogP contribution in [0.2, 0.25) is 0 Å². The number of hydrogen-bond acceptors (Lipinski definition) is 2. The van der Waals surface area contributed by atoms with Gasteiger partial charge in [-0.1, -0.05) is 0 Å². The number of hydrogen-bond donors (Lipinski definition) is 3. The van der Waals surface area contributed by atoms with Crippen molar-refractivity contribution >= 4 is 28.8 Å². The number of benzene rings is 2. The van der Waals surface area contributed by atoms with Gasteiger partial charge in [-0.2, -0.15) is 0 Å². The number of rotatable bonds is 4. The normalized spacial score (nSPS) is 16.5. The third-order valence-corrected chi connectivity index (χ3v) is 4.76. The van der Waals surface area contributed by atoms with Crippen molar-refractivity contribution in [2.75, 3.05) is 6.54 Å². The number of fused-ring (bicyclic) bond motifs is 1. The molecule has 2 amide bonds. The van der Waals surface area contributed by atoms with Crippen molar-refractivity contribution in [2.45, 2.75) is 12.5 Å². The van der Waals surface area contributed by atoms with Gasteiger partial charge in [0.2, 0.25) is 11.8 Å². The summed E-state index contributed by atoms with van der Waals surface area (Å²) in [7, 11) is 0. The van der Waals surface area contributed by atoms with E-state index in [9.17, 15) is 22.8 Å². The first kappa shape index (κ1) is 18.8. The lowest BCUT2D eigenvalue weighted by molar-refractivity contribution is -0.125. The molecule has 0 aliphatic carbocycles. The Bertz CT molecular complexity index is 1140. The highest BCUT2D eigenvalue weighted by Crippen LogP contribution is 2.33. The molecule has 0 saturated carbocycles. The number of carbonyl (C=O) groups excluding carboxylic acids is 2. The monoisotopic (exact) mass is 399 g/mol. The van der Waals surface area contributed by atoms with Gasteiger partial charge in [0.05, 0.1) is 11.2 Å². The number of halogens is 3. The van der Waals surface area contributed by atoms with Crippen LogP contribution in [0.1, 0.15) is 12.0 Å². The van der Waals surface area contributed by atoms with Gasteiger partial charge in [-0.15, -0.1) is 0 Å².